The van der Waals surface area contributed by atoms with Gasteiger partial charge in [0.15, 0.2) is 0 Å². The minimum atomic E-state index is -0.600. The van der Waals surface area contributed by atoms with Crippen LogP contribution in [0.3, 0.4) is 0 Å². The van der Waals surface area contributed by atoms with Gasteiger partial charge in [-0.25, -0.2) is 4.98 Å². The summed E-state index contributed by atoms with van der Waals surface area (Å²) in [7, 11) is 0. The molecule has 0 aliphatic carbocycles. The smallest absolute Gasteiger partial charge is 0.250 e. The van der Waals surface area contributed by atoms with Gasteiger partial charge < -0.3 is 16.8 Å². The number of anilines is 1. The molecule has 0 aliphatic heterocycles. The quantitative estimate of drug-likeness (QED) is 0.744. The van der Waals surface area contributed by atoms with Crippen molar-refractivity contribution in [1.29, 1.82) is 0 Å². The van der Waals surface area contributed by atoms with Crippen LogP contribution in [0.25, 0.3) is 0 Å². The van der Waals surface area contributed by atoms with Crippen molar-refractivity contribution in [2.45, 2.75) is 13.0 Å². The van der Waals surface area contributed by atoms with Gasteiger partial charge in [0.25, 0.3) is 0 Å². The number of hydrogen-bond acceptors (Lipinski definition) is 4. The fraction of sp³-hybridized carbons (Fsp3) is 0.125. The SMILES string of the molecule is NC(=O)c1cccc(C[CH]C(=O)NCc2ccc(N)nc2)c1Cl. The second kappa shape index (κ2) is 7.60. The lowest BCUT2D eigenvalue weighted by Crippen LogP contribution is -2.23. The number of primary amides is 1. The monoisotopic (exact) mass is 331 g/mol. The predicted molar refractivity (Wildman–Crippen MR) is 88.5 cm³/mol. The number of carbonyl (C=O) groups is 2. The summed E-state index contributed by atoms with van der Waals surface area (Å²) < 4.78 is 0. The number of amides is 2. The van der Waals surface area contributed by atoms with Crippen LogP contribution in [0, 0.1) is 6.42 Å². The Labute approximate surface area is 138 Å². The first-order valence-electron chi connectivity index (χ1n) is 6.86. The van der Waals surface area contributed by atoms with Gasteiger partial charge in [-0.15, -0.1) is 0 Å². The van der Waals surface area contributed by atoms with E-state index in [1.54, 1.807) is 36.5 Å². The van der Waals surface area contributed by atoms with Crippen molar-refractivity contribution in [2.75, 3.05) is 5.73 Å². The molecule has 119 valence electrons. The van der Waals surface area contributed by atoms with Crippen LogP contribution in [0.2, 0.25) is 5.02 Å². The second-order valence-corrected chi connectivity index (χ2v) is 5.24. The molecule has 2 amide bonds. The van der Waals surface area contributed by atoms with Gasteiger partial charge in [0.05, 0.1) is 17.0 Å². The van der Waals surface area contributed by atoms with Gasteiger partial charge in [0.2, 0.25) is 11.8 Å². The highest BCUT2D eigenvalue weighted by molar-refractivity contribution is 6.34. The molecule has 0 fully saturated rings. The summed E-state index contributed by atoms with van der Waals surface area (Å²) in [6.45, 7) is 0.345. The van der Waals surface area contributed by atoms with Crippen LogP contribution >= 0.6 is 11.6 Å². The maximum absolute atomic E-state index is 11.8. The van der Waals surface area contributed by atoms with Gasteiger partial charge in [-0.05, 0) is 29.7 Å². The van der Waals surface area contributed by atoms with Gasteiger partial charge in [-0.1, -0.05) is 29.8 Å². The Morgan fingerprint density at radius 3 is 2.70 bits per heavy atom. The van der Waals surface area contributed by atoms with Crippen LogP contribution in [0.1, 0.15) is 21.5 Å². The number of hydrogen-bond donors (Lipinski definition) is 3. The van der Waals surface area contributed by atoms with Crippen molar-refractivity contribution >= 4 is 29.2 Å². The number of nitrogen functional groups attached to an aromatic ring is 1. The van der Waals surface area contributed by atoms with Crippen molar-refractivity contribution in [1.82, 2.24) is 10.3 Å². The number of pyridine rings is 1. The van der Waals surface area contributed by atoms with Gasteiger partial charge in [-0.3, -0.25) is 9.59 Å². The Bertz CT molecular complexity index is 717. The number of halogens is 1. The first-order chi connectivity index (χ1) is 11.0. The summed E-state index contributed by atoms with van der Waals surface area (Å²) in [5, 5.41) is 3.01. The second-order valence-electron chi connectivity index (χ2n) is 4.86. The van der Waals surface area contributed by atoms with Crippen molar-refractivity contribution < 1.29 is 9.59 Å². The number of nitrogens with one attached hydrogen (secondary N) is 1. The number of benzene rings is 1. The van der Waals surface area contributed by atoms with Gasteiger partial charge in [-0.2, -0.15) is 0 Å². The van der Waals surface area contributed by atoms with E-state index < -0.39 is 5.91 Å². The molecular formula is C16H16ClN4O2. The molecule has 6 nitrogen and oxygen atoms in total. The molecule has 0 saturated heterocycles. The van der Waals surface area contributed by atoms with E-state index >= 15 is 0 Å². The van der Waals surface area contributed by atoms with Crippen LogP contribution in [-0.2, 0) is 17.8 Å². The standard InChI is InChI=1S/C16H16ClN4O2/c17-15-11(2-1-3-12(15)16(19)23)5-7-14(22)21-9-10-4-6-13(18)20-8-10/h1-4,6-8H,5,9H2,(H2,18,20)(H2,19,23)(H,21,22). The third kappa shape index (κ3) is 4.69. The Balaban J connectivity index is 1.88. The van der Waals surface area contributed by atoms with Gasteiger partial charge >= 0.3 is 0 Å². The average molecular weight is 332 g/mol. The molecule has 0 aliphatic rings. The highest BCUT2D eigenvalue weighted by Gasteiger charge is 2.11. The summed E-state index contributed by atoms with van der Waals surface area (Å²) in [6.07, 6.45) is 3.35. The van der Waals surface area contributed by atoms with E-state index in [0.717, 1.165) is 5.56 Å². The molecule has 2 rings (SSSR count). The van der Waals surface area contributed by atoms with Crippen LogP contribution in [0.4, 0.5) is 5.82 Å². The third-order valence-electron chi connectivity index (χ3n) is 3.17. The van der Waals surface area contributed by atoms with E-state index in [1.165, 1.54) is 6.42 Å². The number of aromatic nitrogens is 1. The Morgan fingerprint density at radius 2 is 2.04 bits per heavy atom. The molecule has 5 N–H and O–H groups in total. The lowest BCUT2D eigenvalue weighted by Gasteiger charge is -2.08. The summed E-state index contributed by atoms with van der Waals surface area (Å²) in [6, 6.07) is 8.41. The third-order valence-corrected chi connectivity index (χ3v) is 3.61. The largest absolute Gasteiger partial charge is 0.384 e. The summed E-state index contributed by atoms with van der Waals surface area (Å²) in [5.74, 6) is -0.421. The minimum Gasteiger partial charge on any atom is -0.384 e. The number of nitrogens with zero attached hydrogens (tertiary/aromatic N) is 1. The zero-order valence-electron chi connectivity index (χ0n) is 12.3. The molecule has 1 aromatic heterocycles. The van der Waals surface area contributed by atoms with Crippen molar-refractivity contribution in [3.63, 3.8) is 0 Å². The minimum absolute atomic E-state index is 0.242. The van der Waals surface area contributed by atoms with Crippen LogP contribution in [-0.4, -0.2) is 16.8 Å². The highest BCUT2D eigenvalue weighted by Crippen LogP contribution is 2.21. The summed E-state index contributed by atoms with van der Waals surface area (Å²) in [4.78, 5) is 27.0. The predicted octanol–water partition coefficient (Wildman–Crippen LogP) is 1.48. The van der Waals surface area contributed by atoms with E-state index in [4.69, 9.17) is 23.1 Å². The topological polar surface area (TPSA) is 111 Å². The van der Waals surface area contributed by atoms with Crippen LogP contribution < -0.4 is 16.8 Å². The molecule has 0 atom stereocenters. The molecule has 0 saturated carbocycles. The van der Waals surface area contributed by atoms with Crippen LogP contribution in [0.15, 0.2) is 36.5 Å². The molecule has 2 aromatic rings. The molecule has 7 heteroatoms. The Hall–Kier alpha value is -2.60. The fourth-order valence-corrected chi connectivity index (χ4v) is 2.23. The number of carbonyl (C=O) groups excluding carboxylic acids is 2. The van der Waals surface area contributed by atoms with Crippen LogP contribution in [0.5, 0.6) is 0 Å². The number of nitrogens with two attached hydrogens (primary N) is 2. The molecule has 23 heavy (non-hydrogen) atoms. The normalized spacial score (nSPS) is 10.3. The van der Waals surface area contributed by atoms with E-state index in [9.17, 15) is 9.59 Å². The van der Waals surface area contributed by atoms with Gasteiger partial charge in [0, 0.05) is 12.7 Å². The van der Waals surface area contributed by atoms with Crippen molar-refractivity contribution in [3.05, 3.63) is 64.7 Å². The first-order valence-corrected chi connectivity index (χ1v) is 7.24. The maximum Gasteiger partial charge on any atom is 0.250 e. The van der Waals surface area contributed by atoms with E-state index in [2.05, 4.69) is 10.3 Å². The summed E-state index contributed by atoms with van der Waals surface area (Å²) in [5.41, 5.74) is 12.5. The maximum atomic E-state index is 11.8. The molecule has 1 heterocycles. The molecule has 0 spiro atoms. The molecular weight excluding hydrogens is 316 g/mol. The highest BCUT2D eigenvalue weighted by atomic mass is 35.5. The average Bonchev–Trinajstić information content (AvgIpc) is 2.53. The Morgan fingerprint density at radius 1 is 1.26 bits per heavy atom. The number of rotatable bonds is 6. The molecule has 1 aromatic carbocycles. The zero-order valence-corrected chi connectivity index (χ0v) is 13.0. The molecule has 0 bridgehead atoms. The molecule has 0 unspecified atom stereocenters. The fourth-order valence-electron chi connectivity index (χ4n) is 1.93. The van der Waals surface area contributed by atoms with Gasteiger partial charge in [0.1, 0.15) is 5.82 Å². The van der Waals surface area contributed by atoms with E-state index in [1.807, 2.05) is 0 Å². The summed E-state index contributed by atoms with van der Waals surface area (Å²) >= 11 is 6.10. The molecule has 1 radical (unpaired) electrons. The van der Waals surface area contributed by atoms with E-state index in [0.29, 0.717) is 24.3 Å². The van der Waals surface area contributed by atoms with E-state index in [-0.39, 0.29) is 16.5 Å². The zero-order chi connectivity index (χ0) is 16.8. The lowest BCUT2D eigenvalue weighted by atomic mass is 10.1. The van der Waals surface area contributed by atoms with Crippen molar-refractivity contribution in [2.24, 2.45) is 5.73 Å². The van der Waals surface area contributed by atoms with Crippen molar-refractivity contribution in [3.8, 4) is 0 Å². The lowest BCUT2D eigenvalue weighted by molar-refractivity contribution is -0.118. The first kappa shape index (κ1) is 16.8. The Kier molecular flexibility index (Phi) is 5.54.